The van der Waals surface area contributed by atoms with E-state index in [0.29, 0.717) is 6.04 Å². The van der Waals surface area contributed by atoms with E-state index < -0.39 is 0 Å². The van der Waals surface area contributed by atoms with Gasteiger partial charge in [0.2, 0.25) is 0 Å². The average Bonchev–Trinajstić information content (AvgIpc) is 2.88. The zero-order valence-electron chi connectivity index (χ0n) is 13.8. The molecule has 0 saturated heterocycles. The molecule has 2 rings (SSSR count). The van der Waals surface area contributed by atoms with Crippen LogP contribution in [0.15, 0.2) is 18.3 Å². The van der Waals surface area contributed by atoms with Crippen molar-refractivity contribution in [1.29, 1.82) is 0 Å². The Balaban J connectivity index is 2.30. The van der Waals surface area contributed by atoms with E-state index >= 15 is 0 Å². The molecule has 0 aliphatic rings. The predicted octanol–water partition coefficient (Wildman–Crippen LogP) is 3.20. The Hall–Kier alpha value is -1.68. The smallest absolute Gasteiger partial charge is 0.156 e. The summed E-state index contributed by atoms with van der Waals surface area (Å²) in [5.41, 5.74) is 4.72. The molecule has 0 aromatic carbocycles. The SMILES string of the molecule is CCc1cc(CC)n(-c2ncc(CNC(C)C)cc2C)n1. The lowest BCUT2D eigenvalue weighted by molar-refractivity contribution is 0.587. The fourth-order valence-electron chi connectivity index (χ4n) is 2.35. The normalized spacial score (nSPS) is 11.3. The second kappa shape index (κ2) is 6.85. The van der Waals surface area contributed by atoms with Gasteiger partial charge < -0.3 is 5.32 Å². The summed E-state index contributed by atoms with van der Waals surface area (Å²) in [6, 6.07) is 4.86. The van der Waals surface area contributed by atoms with Crippen LogP contribution in [0.1, 0.15) is 50.2 Å². The fraction of sp³-hybridized carbons (Fsp3) is 0.529. The summed E-state index contributed by atoms with van der Waals surface area (Å²) in [6.07, 6.45) is 3.87. The highest BCUT2D eigenvalue weighted by Crippen LogP contribution is 2.17. The van der Waals surface area contributed by atoms with Crippen LogP contribution in [0.3, 0.4) is 0 Å². The maximum Gasteiger partial charge on any atom is 0.156 e. The van der Waals surface area contributed by atoms with Crippen LogP contribution in [-0.4, -0.2) is 20.8 Å². The summed E-state index contributed by atoms with van der Waals surface area (Å²) in [4.78, 5) is 4.64. The van der Waals surface area contributed by atoms with Crippen LogP contribution in [0.25, 0.3) is 5.82 Å². The minimum atomic E-state index is 0.481. The first kappa shape index (κ1) is 15.7. The lowest BCUT2D eigenvalue weighted by atomic mass is 10.2. The maximum absolute atomic E-state index is 4.67. The summed E-state index contributed by atoms with van der Waals surface area (Å²) in [7, 11) is 0. The zero-order chi connectivity index (χ0) is 15.4. The molecule has 0 unspecified atom stereocenters. The zero-order valence-corrected chi connectivity index (χ0v) is 13.8. The summed E-state index contributed by atoms with van der Waals surface area (Å²) < 4.78 is 1.99. The van der Waals surface area contributed by atoms with E-state index in [1.807, 2.05) is 10.9 Å². The Morgan fingerprint density at radius 3 is 2.52 bits per heavy atom. The molecule has 0 aliphatic heterocycles. The molecule has 1 N–H and O–H groups in total. The molecule has 2 aromatic heterocycles. The number of hydrogen-bond acceptors (Lipinski definition) is 3. The maximum atomic E-state index is 4.67. The van der Waals surface area contributed by atoms with E-state index in [1.54, 1.807) is 0 Å². The largest absolute Gasteiger partial charge is 0.310 e. The van der Waals surface area contributed by atoms with Crippen molar-refractivity contribution in [3.8, 4) is 5.82 Å². The molecular weight excluding hydrogens is 260 g/mol. The van der Waals surface area contributed by atoms with Gasteiger partial charge in [0.25, 0.3) is 0 Å². The van der Waals surface area contributed by atoms with Crippen LogP contribution in [0, 0.1) is 6.92 Å². The van der Waals surface area contributed by atoms with Crippen LogP contribution >= 0.6 is 0 Å². The van der Waals surface area contributed by atoms with E-state index in [4.69, 9.17) is 0 Å². The van der Waals surface area contributed by atoms with Gasteiger partial charge in [0.05, 0.1) is 5.69 Å². The molecule has 0 spiro atoms. The van der Waals surface area contributed by atoms with Crippen molar-refractivity contribution in [2.24, 2.45) is 0 Å². The van der Waals surface area contributed by atoms with Gasteiger partial charge in [-0.2, -0.15) is 5.10 Å². The summed E-state index contributed by atoms with van der Waals surface area (Å²) in [5, 5.41) is 8.09. The van der Waals surface area contributed by atoms with Crippen molar-refractivity contribution >= 4 is 0 Å². The Bertz CT molecular complexity index is 599. The third-order valence-electron chi connectivity index (χ3n) is 3.58. The third-order valence-corrected chi connectivity index (χ3v) is 3.58. The Morgan fingerprint density at radius 1 is 1.19 bits per heavy atom. The second-order valence-corrected chi connectivity index (χ2v) is 5.77. The molecule has 0 saturated carbocycles. The minimum Gasteiger partial charge on any atom is -0.310 e. The van der Waals surface area contributed by atoms with Crippen molar-refractivity contribution in [1.82, 2.24) is 20.1 Å². The quantitative estimate of drug-likeness (QED) is 0.886. The molecule has 0 aliphatic carbocycles. The van der Waals surface area contributed by atoms with Crippen LogP contribution in [0.4, 0.5) is 0 Å². The standard InChI is InChI=1S/C17H26N4/c1-6-15-9-16(7-2)21(20-15)17-13(5)8-14(11-19-17)10-18-12(3)4/h8-9,11-12,18H,6-7,10H2,1-5H3. The van der Waals surface area contributed by atoms with Crippen LogP contribution < -0.4 is 5.32 Å². The Labute approximate surface area is 127 Å². The summed E-state index contributed by atoms with van der Waals surface area (Å²) in [5.74, 6) is 0.944. The Morgan fingerprint density at radius 2 is 1.95 bits per heavy atom. The van der Waals surface area contributed by atoms with Crippen molar-refractivity contribution in [2.45, 2.75) is 60.0 Å². The molecule has 0 atom stereocenters. The van der Waals surface area contributed by atoms with Gasteiger partial charge in [-0.15, -0.1) is 0 Å². The number of pyridine rings is 1. The molecule has 0 fully saturated rings. The monoisotopic (exact) mass is 286 g/mol. The predicted molar refractivity (Wildman–Crippen MR) is 86.8 cm³/mol. The molecule has 4 nitrogen and oxygen atoms in total. The molecular formula is C17H26N4. The number of nitrogens with zero attached hydrogens (tertiary/aromatic N) is 3. The van der Waals surface area contributed by atoms with E-state index in [2.05, 4.69) is 62.2 Å². The first-order valence-corrected chi connectivity index (χ1v) is 7.82. The number of rotatable bonds is 6. The van der Waals surface area contributed by atoms with E-state index in [0.717, 1.165) is 30.9 Å². The van der Waals surface area contributed by atoms with Crippen LogP contribution in [0.2, 0.25) is 0 Å². The molecule has 2 aromatic rings. The van der Waals surface area contributed by atoms with Gasteiger partial charge in [-0.3, -0.25) is 0 Å². The van der Waals surface area contributed by atoms with Gasteiger partial charge in [0, 0.05) is 24.5 Å². The first-order chi connectivity index (χ1) is 10.0. The Kier molecular flexibility index (Phi) is 5.12. The van der Waals surface area contributed by atoms with Crippen LogP contribution in [0.5, 0.6) is 0 Å². The summed E-state index contributed by atoms with van der Waals surface area (Å²) >= 11 is 0. The van der Waals surface area contributed by atoms with Gasteiger partial charge >= 0.3 is 0 Å². The lowest BCUT2D eigenvalue weighted by Crippen LogP contribution is -2.22. The van der Waals surface area contributed by atoms with E-state index in [9.17, 15) is 0 Å². The highest BCUT2D eigenvalue weighted by Gasteiger charge is 2.11. The highest BCUT2D eigenvalue weighted by atomic mass is 15.3. The number of nitrogens with one attached hydrogen (secondary N) is 1. The molecule has 4 heteroatoms. The molecule has 2 heterocycles. The number of hydrogen-bond donors (Lipinski definition) is 1. The minimum absolute atomic E-state index is 0.481. The van der Waals surface area contributed by atoms with Crippen molar-refractivity contribution in [3.63, 3.8) is 0 Å². The van der Waals surface area contributed by atoms with Gasteiger partial charge in [0.1, 0.15) is 0 Å². The third kappa shape index (κ3) is 3.70. The molecule has 114 valence electrons. The fourth-order valence-corrected chi connectivity index (χ4v) is 2.35. The van der Waals surface area contributed by atoms with Gasteiger partial charge in [0.15, 0.2) is 5.82 Å². The summed E-state index contributed by atoms with van der Waals surface area (Å²) in [6.45, 7) is 11.5. The van der Waals surface area contributed by atoms with Gasteiger partial charge in [-0.1, -0.05) is 27.7 Å². The average molecular weight is 286 g/mol. The van der Waals surface area contributed by atoms with Crippen LogP contribution in [-0.2, 0) is 19.4 Å². The topological polar surface area (TPSA) is 42.7 Å². The van der Waals surface area contributed by atoms with Crippen molar-refractivity contribution < 1.29 is 0 Å². The second-order valence-electron chi connectivity index (χ2n) is 5.77. The van der Waals surface area contributed by atoms with Gasteiger partial charge in [-0.25, -0.2) is 9.67 Å². The number of aromatic nitrogens is 3. The highest BCUT2D eigenvalue weighted by molar-refractivity contribution is 5.36. The first-order valence-electron chi connectivity index (χ1n) is 7.82. The molecule has 21 heavy (non-hydrogen) atoms. The van der Waals surface area contributed by atoms with Gasteiger partial charge in [-0.05, 0) is 43.0 Å². The lowest BCUT2D eigenvalue weighted by Gasteiger charge is -2.12. The molecule has 0 amide bonds. The van der Waals surface area contributed by atoms with Crippen molar-refractivity contribution in [2.75, 3.05) is 0 Å². The van der Waals surface area contributed by atoms with E-state index in [-0.39, 0.29) is 0 Å². The molecule has 0 bridgehead atoms. The number of aryl methyl sites for hydroxylation is 3. The van der Waals surface area contributed by atoms with E-state index in [1.165, 1.54) is 16.8 Å². The van der Waals surface area contributed by atoms with Crippen molar-refractivity contribution in [3.05, 3.63) is 40.8 Å². The molecule has 0 radical (unpaired) electrons.